The van der Waals surface area contributed by atoms with Crippen LogP contribution in [-0.4, -0.2) is 17.4 Å². The predicted octanol–water partition coefficient (Wildman–Crippen LogP) is 3.54. The standard InChI is InChI=1S/C9H17ClS/c10-6-7-11-8-9-4-2-1-3-5-9/h9H,1-8H2. The van der Waals surface area contributed by atoms with E-state index in [0.717, 1.165) is 17.6 Å². The SMILES string of the molecule is ClCCSCC1CCCCC1. The maximum atomic E-state index is 5.60. The Labute approximate surface area is 79.1 Å². The Morgan fingerprint density at radius 1 is 1.18 bits per heavy atom. The monoisotopic (exact) mass is 192 g/mol. The van der Waals surface area contributed by atoms with Crippen molar-refractivity contribution in [3.63, 3.8) is 0 Å². The Kier molecular flexibility index (Phi) is 5.47. The average Bonchev–Trinajstić information content (AvgIpc) is 2.07. The highest BCUT2D eigenvalue weighted by molar-refractivity contribution is 7.99. The normalized spacial score (nSPS) is 20.5. The van der Waals surface area contributed by atoms with E-state index in [9.17, 15) is 0 Å². The molecule has 0 saturated heterocycles. The van der Waals surface area contributed by atoms with E-state index in [1.807, 2.05) is 11.8 Å². The highest BCUT2D eigenvalue weighted by Gasteiger charge is 2.12. The van der Waals surface area contributed by atoms with Crippen LogP contribution in [0.2, 0.25) is 0 Å². The maximum Gasteiger partial charge on any atom is 0.0314 e. The summed E-state index contributed by atoms with van der Waals surface area (Å²) >= 11 is 7.63. The third-order valence-corrected chi connectivity index (χ3v) is 3.91. The van der Waals surface area contributed by atoms with Gasteiger partial charge in [-0.1, -0.05) is 19.3 Å². The molecule has 0 N–H and O–H groups in total. The van der Waals surface area contributed by atoms with Crippen LogP contribution < -0.4 is 0 Å². The van der Waals surface area contributed by atoms with Crippen LogP contribution in [0.15, 0.2) is 0 Å². The van der Waals surface area contributed by atoms with Crippen LogP contribution in [0.5, 0.6) is 0 Å². The van der Waals surface area contributed by atoms with Crippen LogP contribution in [0.3, 0.4) is 0 Å². The summed E-state index contributed by atoms with van der Waals surface area (Å²) in [6.07, 6.45) is 7.33. The van der Waals surface area contributed by atoms with Gasteiger partial charge in [0, 0.05) is 11.6 Å². The maximum absolute atomic E-state index is 5.60. The second kappa shape index (κ2) is 6.19. The van der Waals surface area contributed by atoms with E-state index >= 15 is 0 Å². The summed E-state index contributed by atoms with van der Waals surface area (Å²) < 4.78 is 0. The van der Waals surface area contributed by atoms with Crippen molar-refractivity contribution in [3.8, 4) is 0 Å². The van der Waals surface area contributed by atoms with Gasteiger partial charge in [0.15, 0.2) is 0 Å². The van der Waals surface area contributed by atoms with Gasteiger partial charge in [-0.3, -0.25) is 0 Å². The lowest BCUT2D eigenvalue weighted by molar-refractivity contribution is 0.391. The zero-order valence-corrected chi connectivity index (χ0v) is 8.59. The minimum atomic E-state index is 0.817. The lowest BCUT2D eigenvalue weighted by atomic mass is 9.91. The molecule has 11 heavy (non-hydrogen) atoms. The van der Waals surface area contributed by atoms with E-state index in [-0.39, 0.29) is 0 Å². The molecule has 1 aliphatic carbocycles. The van der Waals surface area contributed by atoms with Crippen molar-refractivity contribution in [1.29, 1.82) is 0 Å². The smallest absolute Gasteiger partial charge is 0.0314 e. The molecule has 1 aliphatic rings. The fourth-order valence-corrected chi connectivity index (χ4v) is 2.93. The van der Waals surface area contributed by atoms with Crippen LogP contribution in [-0.2, 0) is 0 Å². The third-order valence-electron chi connectivity index (χ3n) is 2.30. The fraction of sp³-hybridized carbons (Fsp3) is 1.00. The molecule has 0 aliphatic heterocycles. The van der Waals surface area contributed by atoms with Gasteiger partial charge >= 0.3 is 0 Å². The molecule has 0 aromatic heterocycles. The van der Waals surface area contributed by atoms with E-state index in [2.05, 4.69) is 0 Å². The highest BCUT2D eigenvalue weighted by Crippen LogP contribution is 2.26. The Balaban J connectivity index is 1.96. The van der Waals surface area contributed by atoms with Gasteiger partial charge in [0.2, 0.25) is 0 Å². The summed E-state index contributed by atoms with van der Waals surface area (Å²) in [5, 5.41) is 0. The molecule has 0 radical (unpaired) electrons. The van der Waals surface area contributed by atoms with Crippen molar-refractivity contribution in [2.45, 2.75) is 32.1 Å². The van der Waals surface area contributed by atoms with E-state index in [0.29, 0.717) is 0 Å². The molecule has 0 unspecified atom stereocenters. The Morgan fingerprint density at radius 2 is 1.91 bits per heavy atom. The first kappa shape index (κ1) is 9.73. The summed E-state index contributed by atoms with van der Waals surface area (Å²) in [6.45, 7) is 0. The zero-order valence-electron chi connectivity index (χ0n) is 7.02. The summed E-state index contributed by atoms with van der Waals surface area (Å²) in [5.74, 6) is 4.32. The van der Waals surface area contributed by atoms with Gasteiger partial charge < -0.3 is 0 Å². The molecular weight excluding hydrogens is 176 g/mol. The minimum absolute atomic E-state index is 0.817. The lowest BCUT2D eigenvalue weighted by Crippen LogP contribution is -2.08. The first-order valence-corrected chi connectivity index (χ1v) is 6.26. The molecule has 1 rings (SSSR count). The van der Waals surface area contributed by atoms with Crippen molar-refractivity contribution >= 4 is 23.4 Å². The number of halogens is 1. The number of hydrogen-bond acceptors (Lipinski definition) is 1. The van der Waals surface area contributed by atoms with Crippen molar-refractivity contribution < 1.29 is 0 Å². The predicted molar refractivity (Wildman–Crippen MR) is 54.6 cm³/mol. The van der Waals surface area contributed by atoms with Crippen molar-refractivity contribution in [2.24, 2.45) is 5.92 Å². The van der Waals surface area contributed by atoms with Crippen LogP contribution in [0.1, 0.15) is 32.1 Å². The summed E-state index contributed by atoms with van der Waals surface area (Å²) in [4.78, 5) is 0. The van der Waals surface area contributed by atoms with Gasteiger partial charge in [-0.15, -0.1) is 11.6 Å². The number of rotatable bonds is 4. The lowest BCUT2D eigenvalue weighted by Gasteiger charge is -2.20. The molecule has 0 amide bonds. The second-order valence-corrected chi connectivity index (χ2v) is 4.80. The van der Waals surface area contributed by atoms with Crippen molar-refractivity contribution in [3.05, 3.63) is 0 Å². The molecule has 2 heteroatoms. The van der Waals surface area contributed by atoms with E-state index < -0.39 is 0 Å². The highest BCUT2D eigenvalue weighted by atomic mass is 35.5. The van der Waals surface area contributed by atoms with Crippen LogP contribution >= 0.6 is 23.4 Å². The number of alkyl halides is 1. The Morgan fingerprint density at radius 3 is 2.55 bits per heavy atom. The summed E-state index contributed by atoms with van der Waals surface area (Å²) in [6, 6.07) is 0. The topological polar surface area (TPSA) is 0 Å². The summed E-state index contributed by atoms with van der Waals surface area (Å²) in [7, 11) is 0. The second-order valence-electron chi connectivity index (χ2n) is 3.27. The molecule has 0 nitrogen and oxygen atoms in total. The van der Waals surface area contributed by atoms with E-state index in [1.54, 1.807) is 0 Å². The van der Waals surface area contributed by atoms with Crippen LogP contribution in [0.25, 0.3) is 0 Å². The molecular formula is C9H17ClS. The zero-order chi connectivity index (χ0) is 7.94. The molecule has 1 fully saturated rings. The van der Waals surface area contributed by atoms with Gasteiger partial charge in [0.05, 0.1) is 0 Å². The Hall–Kier alpha value is 0.640. The van der Waals surface area contributed by atoms with Gasteiger partial charge in [-0.2, -0.15) is 11.8 Å². The molecule has 0 spiro atoms. The number of hydrogen-bond donors (Lipinski definition) is 0. The molecule has 0 atom stereocenters. The van der Waals surface area contributed by atoms with Crippen molar-refractivity contribution in [2.75, 3.05) is 17.4 Å². The first-order valence-electron chi connectivity index (χ1n) is 4.57. The van der Waals surface area contributed by atoms with Gasteiger partial charge in [-0.05, 0) is 24.5 Å². The van der Waals surface area contributed by atoms with E-state index in [1.165, 1.54) is 37.9 Å². The van der Waals surface area contributed by atoms with Gasteiger partial charge in [-0.25, -0.2) is 0 Å². The third kappa shape index (κ3) is 4.27. The molecule has 0 heterocycles. The largest absolute Gasteiger partial charge is 0.160 e. The van der Waals surface area contributed by atoms with Gasteiger partial charge in [0.25, 0.3) is 0 Å². The molecule has 66 valence electrons. The molecule has 0 aromatic rings. The van der Waals surface area contributed by atoms with Crippen LogP contribution in [0, 0.1) is 5.92 Å². The van der Waals surface area contributed by atoms with Crippen LogP contribution in [0.4, 0.5) is 0 Å². The van der Waals surface area contributed by atoms with E-state index in [4.69, 9.17) is 11.6 Å². The fourth-order valence-electron chi connectivity index (χ4n) is 1.66. The average molecular weight is 193 g/mol. The quantitative estimate of drug-likeness (QED) is 0.485. The number of thioether (sulfide) groups is 1. The summed E-state index contributed by atoms with van der Waals surface area (Å²) in [5.41, 5.74) is 0. The molecule has 0 bridgehead atoms. The van der Waals surface area contributed by atoms with Gasteiger partial charge in [0.1, 0.15) is 0 Å². The molecule has 0 aromatic carbocycles. The van der Waals surface area contributed by atoms with Crippen molar-refractivity contribution in [1.82, 2.24) is 0 Å². The molecule has 1 saturated carbocycles. The Bertz CT molecular complexity index is 89.6. The minimum Gasteiger partial charge on any atom is -0.160 e. The first-order chi connectivity index (χ1) is 5.43.